The van der Waals surface area contributed by atoms with E-state index in [1.54, 1.807) is 0 Å². The van der Waals surface area contributed by atoms with Gasteiger partial charge >= 0.3 is 0 Å². The fourth-order valence-corrected chi connectivity index (χ4v) is 3.48. The summed E-state index contributed by atoms with van der Waals surface area (Å²) in [5, 5.41) is 10.2. The van der Waals surface area contributed by atoms with Crippen molar-refractivity contribution in [2.45, 2.75) is 11.4 Å². The van der Waals surface area contributed by atoms with Crippen molar-refractivity contribution in [1.82, 2.24) is 0 Å². The minimum absolute atomic E-state index is 0.0135. The minimum atomic E-state index is -3.73. The van der Waals surface area contributed by atoms with Gasteiger partial charge in [0.15, 0.2) is 6.54 Å². The Morgan fingerprint density at radius 1 is 1.00 bits per heavy atom. The summed E-state index contributed by atoms with van der Waals surface area (Å²) < 4.78 is 22.5. The predicted octanol–water partition coefficient (Wildman–Crippen LogP) is 1.14. The van der Waals surface area contributed by atoms with Crippen molar-refractivity contribution in [1.29, 1.82) is 0 Å². The highest BCUT2D eigenvalue weighted by molar-refractivity contribution is 7.89. The Hall–Kier alpha value is -2.74. The summed E-state index contributed by atoms with van der Waals surface area (Å²) >= 11 is 0. The SMILES string of the molecule is C[NH+](CC(=O)Nc1ccc(S(N)(=O)=O)cc1)Cc1ccc2ccccc2c1. The number of carbonyl (C=O) groups is 1. The zero-order chi connectivity index (χ0) is 19.4. The van der Waals surface area contributed by atoms with E-state index in [2.05, 4.69) is 35.6 Å². The lowest BCUT2D eigenvalue weighted by Crippen LogP contribution is -3.08. The Kier molecular flexibility index (Phi) is 5.55. The van der Waals surface area contributed by atoms with Crippen LogP contribution in [0.1, 0.15) is 5.56 Å². The highest BCUT2D eigenvalue weighted by atomic mass is 32.2. The molecule has 0 radical (unpaired) electrons. The van der Waals surface area contributed by atoms with Gasteiger partial charge in [-0.2, -0.15) is 0 Å². The van der Waals surface area contributed by atoms with Gasteiger partial charge in [0, 0.05) is 11.3 Å². The molecule has 1 unspecified atom stereocenters. The first kappa shape index (κ1) is 19.0. The van der Waals surface area contributed by atoms with Crippen molar-refractivity contribution < 1.29 is 18.1 Å². The molecular formula is C20H22N3O3S+. The zero-order valence-corrected chi connectivity index (χ0v) is 15.8. The lowest BCUT2D eigenvalue weighted by molar-refractivity contribution is -0.885. The number of likely N-dealkylation sites (N-methyl/N-ethyl adjacent to an activating group) is 1. The molecule has 6 nitrogen and oxygen atoms in total. The number of rotatable bonds is 6. The van der Waals surface area contributed by atoms with Crippen molar-refractivity contribution in [2.75, 3.05) is 18.9 Å². The summed E-state index contributed by atoms with van der Waals surface area (Å²) in [5.74, 6) is -0.142. The zero-order valence-electron chi connectivity index (χ0n) is 15.0. The van der Waals surface area contributed by atoms with Crippen LogP contribution >= 0.6 is 0 Å². The van der Waals surface area contributed by atoms with E-state index >= 15 is 0 Å². The van der Waals surface area contributed by atoms with Gasteiger partial charge in [-0.15, -0.1) is 0 Å². The molecule has 0 fully saturated rings. The Morgan fingerprint density at radius 2 is 1.67 bits per heavy atom. The van der Waals surface area contributed by atoms with Gasteiger partial charge in [0.05, 0.1) is 11.9 Å². The van der Waals surface area contributed by atoms with Crippen LogP contribution in [0.4, 0.5) is 5.69 Å². The Morgan fingerprint density at radius 3 is 2.33 bits per heavy atom. The second-order valence-corrected chi connectivity index (χ2v) is 8.17. The molecule has 0 saturated carbocycles. The molecule has 1 amide bonds. The van der Waals surface area contributed by atoms with Crippen molar-refractivity contribution >= 4 is 32.4 Å². The van der Waals surface area contributed by atoms with E-state index in [1.807, 2.05) is 19.2 Å². The van der Waals surface area contributed by atoms with Crippen LogP contribution in [0.2, 0.25) is 0 Å². The molecule has 0 aliphatic rings. The number of quaternary nitrogens is 1. The van der Waals surface area contributed by atoms with Crippen LogP contribution in [0.15, 0.2) is 71.6 Å². The number of anilines is 1. The average Bonchev–Trinajstić information content (AvgIpc) is 2.61. The molecule has 27 heavy (non-hydrogen) atoms. The Bertz CT molecular complexity index is 1060. The smallest absolute Gasteiger partial charge is 0.279 e. The van der Waals surface area contributed by atoms with Crippen LogP contribution in [0.3, 0.4) is 0 Å². The maximum atomic E-state index is 12.2. The number of fused-ring (bicyclic) bond motifs is 1. The maximum absolute atomic E-state index is 12.2. The monoisotopic (exact) mass is 384 g/mol. The third kappa shape index (κ3) is 5.13. The Labute approximate surface area is 158 Å². The van der Waals surface area contributed by atoms with E-state index in [-0.39, 0.29) is 10.8 Å². The fraction of sp³-hybridized carbons (Fsp3) is 0.150. The third-order valence-electron chi connectivity index (χ3n) is 4.25. The van der Waals surface area contributed by atoms with Gasteiger partial charge in [0.1, 0.15) is 6.54 Å². The molecule has 0 aromatic heterocycles. The third-order valence-corrected chi connectivity index (χ3v) is 5.18. The van der Waals surface area contributed by atoms with Gasteiger partial charge in [-0.25, -0.2) is 13.6 Å². The van der Waals surface area contributed by atoms with Crippen LogP contribution in [0.5, 0.6) is 0 Å². The molecule has 3 aromatic carbocycles. The summed E-state index contributed by atoms with van der Waals surface area (Å²) in [6, 6.07) is 20.3. The number of nitrogens with two attached hydrogens (primary N) is 1. The van der Waals surface area contributed by atoms with Crippen LogP contribution in [0.25, 0.3) is 10.8 Å². The second-order valence-electron chi connectivity index (χ2n) is 6.61. The van der Waals surface area contributed by atoms with Crippen LogP contribution in [0, 0.1) is 0 Å². The molecule has 4 N–H and O–H groups in total. The lowest BCUT2D eigenvalue weighted by atomic mass is 10.1. The predicted molar refractivity (Wildman–Crippen MR) is 106 cm³/mol. The topological polar surface area (TPSA) is 93.7 Å². The molecule has 0 saturated heterocycles. The summed E-state index contributed by atoms with van der Waals surface area (Å²) in [4.78, 5) is 13.3. The minimum Gasteiger partial charge on any atom is -0.326 e. The van der Waals surface area contributed by atoms with E-state index in [1.165, 1.54) is 35.0 Å². The molecule has 140 valence electrons. The van der Waals surface area contributed by atoms with Gasteiger partial charge in [-0.3, -0.25) is 4.79 Å². The summed E-state index contributed by atoms with van der Waals surface area (Å²) in [7, 11) is -1.78. The molecule has 3 aromatic rings. The molecule has 1 atom stereocenters. The van der Waals surface area contributed by atoms with E-state index in [0.717, 1.165) is 17.0 Å². The van der Waals surface area contributed by atoms with Crippen LogP contribution in [-0.4, -0.2) is 27.9 Å². The van der Waals surface area contributed by atoms with E-state index in [0.29, 0.717) is 12.2 Å². The van der Waals surface area contributed by atoms with Crippen molar-refractivity contribution in [3.63, 3.8) is 0 Å². The normalized spacial score (nSPS) is 12.7. The first-order valence-electron chi connectivity index (χ1n) is 8.53. The molecule has 0 bridgehead atoms. The highest BCUT2D eigenvalue weighted by Gasteiger charge is 2.12. The van der Waals surface area contributed by atoms with Gasteiger partial charge in [-0.05, 0) is 41.1 Å². The van der Waals surface area contributed by atoms with Gasteiger partial charge in [0.2, 0.25) is 10.0 Å². The summed E-state index contributed by atoms with van der Waals surface area (Å²) in [5.41, 5.74) is 1.70. The molecule has 0 heterocycles. The first-order chi connectivity index (χ1) is 12.8. The highest BCUT2D eigenvalue weighted by Crippen LogP contribution is 2.15. The van der Waals surface area contributed by atoms with Gasteiger partial charge in [-0.1, -0.05) is 36.4 Å². The number of hydrogen-bond donors (Lipinski definition) is 3. The molecule has 0 aliphatic carbocycles. The number of primary sulfonamides is 1. The van der Waals surface area contributed by atoms with Gasteiger partial charge in [0.25, 0.3) is 5.91 Å². The molecule has 0 aliphatic heterocycles. The van der Waals surface area contributed by atoms with E-state index in [4.69, 9.17) is 5.14 Å². The van der Waals surface area contributed by atoms with Crippen molar-refractivity contribution in [3.05, 3.63) is 72.3 Å². The maximum Gasteiger partial charge on any atom is 0.279 e. The average molecular weight is 384 g/mol. The number of benzene rings is 3. The molecule has 3 rings (SSSR count). The largest absolute Gasteiger partial charge is 0.326 e. The number of carbonyl (C=O) groups excluding carboxylic acids is 1. The second kappa shape index (κ2) is 7.87. The number of hydrogen-bond acceptors (Lipinski definition) is 3. The molecular weight excluding hydrogens is 362 g/mol. The van der Waals surface area contributed by atoms with Crippen LogP contribution in [-0.2, 0) is 21.4 Å². The lowest BCUT2D eigenvalue weighted by Gasteiger charge is -2.14. The standard InChI is InChI=1S/C20H21N3O3S/c1-23(13-15-6-7-16-4-2-3-5-17(16)12-15)14-20(24)22-18-8-10-19(11-9-18)27(21,25)26/h2-12H,13-14H2,1H3,(H,22,24)(H2,21,25,26)/p+1. The number of amides is 1. The number of sulfonamides is 1. The van der Waals surface area contributed by atoms with Crippen LogP contribution < -0.4 is 15.4 Å². The summed E-state index contributed by atoms with van der Waals surface area (Å²) in [6.45, 7) is 1.02. The van der Waals surface area contributed by atoms with Crippen molar-refractivity contribution in [2.24, 2.45) is 5.14 Å². The van der Waals surface area contributed by atoms with Crippen molar-refractivity contribution in [3.8, 4) is 0 Å². The van der Waals surface area contributed by atoms with E-state index in [9.17, 15) is 13.2 Å². The fourth-order valence-electron chi connectivity index (χ4n) is 2.97. The molecule has 7 heteroatoms. The Balaban J connectivity index is 1.58. The first-order valence-corrected chi connectivity index (χ1v) is 10.1. The quantitative estimate of drug-likeness (QED) is 0.595. The number of nitrogens with one attached hydrogen (secondary N) is 2. The molecule has 0 spiro atoms. The summed E-state index contributed by atoms with van der Waals surface area (Å²) in [6.07, 6.45) is 0. The van der Waals surface area contributed by atoms with Gasteiger partial charge < -0.3 is 10.2 Å². The van der Waals surface area contributed by atoms with E-state index < -0.39 is 10.0 Å².